The van der Waals surface area contributed by atoms with Crippen molar-refractivity contribution in [1.29, 1.82) is 0 Å². The quantitative estimate of drug-likeness (QED) is 0.853. The number of carbonyl (C=O) groups is 1. The first-order valence-corrected chi connectivity index (χ1v) is 7.61. The van der Waals surface area contributed by atoms with Gasteiger partial charge in [-0.3, -0.25) is 4.79 Å². The van der Waals surface area contributed by atoms with Gasteiger partial charge in [-0.05, 0) is 24.3 Å². The van der Waals surface area contributed by atoms with Crippen LogP contribution >= 0.6 is 23.4 Å². The van der Waals surface area contributed by atoms with Crippen LogP contribution in [0.3, 0.4) is 0 Å². The standard InChI is InChI=1S/C13H9ClF3N3OS/c14-7-1-3-8(4-2-7)20-12-9(5-18-20)11(13(15,16)17)22-6-10(21)19-12/h1-5,11H,6H2,(H,19,21)/t11-/m0/s1. The number of hydrogen-bond acceptors (Lipinski definition) is 3. The Morgan fingerprint density at radius 3 is 2.64 bits per heavy atom. The monoisotopic (exact) mass is 347 g/mol. The van der Waals surface area contributed by atoms with E-state index in [1.165, 1.54) is 4.68 Å². The van der Waals surface area contributed by atoms with E-state index in [9.17, 15) is 18.0 Å². The van der Waals surface area contributed by atoms with Crippen molar-refractivity contribution in [3.8, 4) is 5.69 Å². The van der Waals surface area contributed by atoms with Crippen LogP contribution in [0.2, 0.25) is 5.02 Å². The molecule has 9 heteroatoms. The molecule has 116 valence electrons. The van der Waals surface area contributed by atoms with Gasteiger partial charge in [0.1, 0.15) is 11.1 Å². The molecule has 1 atom stereocenters. The van der Waals surface area contributed by atoms with Gasteiger partial charge in [-0.2, -0.15) is 18.3 Å². The number of rotatable bonds is 1. The summed E-state index contributed by atoms with van der Waals surface area (Å²) in [4.78, 5) is 11.7. The van der Waals surface area contributed by atoms with Crippen LogP contribution in [0, 0.1) is 0 Å². The molecule has 1 aromatic heterocycles. The molecule has 4 nitrogen and oxygen atoms in total. The van der Waals surface area contributed by atoms with E-state index < -0.39 is 17.3 Å². The van der Waals surface area contributed by atoms with Gasteiger partial charge in [0.05, 0.1) is 17.6 Å². The van der Waals surface area contributed by atoms with E-state index in [-0.39, 0.29) is 17.1 Å². The topological polar surface area (TPSA) is 46.9 Å². The van der Waals surface area contributed by atoms with Gasteiger partial charge in [-0.15, -0.1) is 11.8 Å². The Morgan fingerprint density at radius 2 is 2.00 bits per heavy atom. The Balaban J connectivity index is 2.11. The number of thioether (sulfide) groups is 1. The first kappa shape index (κ1) is 15.2. The molecular weight excluding hydrogens is 339 g/mol. The van der Waals surface area contributed by atoms with Crippen LogP contribution < -0.4 is 5.32 Å². The number of fused-ring (bicyclic) bond motifs is 1. The van der Waals surface area contributed by atoms with Crippen LogP contribution in [0.15, 0.2) is 30.5 Å². The van der Waals surface area contributed by atoms with E-state index in [0.717, 1.165) is 6.20 Å². The fourth-order valence-electron chi connectivity index (χ4n) is 2.14. The SMILES string of the molecule is O=C1CS[C@H](C(F)(F)F)c2cnn(-c3ccc(Cl)cc3)c2N1. The highest BCUT2D eigenvalue weighted by molar-refractivity contribution is 8.00. The van der Waals surface area contributed by atoms with Gasteiger partial charge in [0.2, 0.25) is 5.91 Å². The number of hydrogen-bond donors (Lipinski definition) is 1. The highest BCUT2D eigenvalue weighted by Crippen LogP contribution is 2.47. The molecule has 0 spiro atoms. The zero-order valence-electron chi connectivity index (χ0n) is 10.9. The lowest BCUT2D eigenvalue weighted by atomic mass is 10.2. The number of nitrogens with one attached hydrogen (secondary N) is 1. The first-order chi connectivity index (χ1) is 10.4. The largest absolute Gasteiger partial charge is 0.404 e. The summed E-state index contributed by atoms with van der Waals surface area (Å²) in [6.07, 6.45) is -3.32. The molecule has 1 aromatic carbocycles. The van der Waals surface area contributed by atoms with Crippen molar-refractivity contribution in [3.63, 3.8) is 0 Å². The summed E-state index contributed by atoms with van der Waals surface area (Å²) in [6.45, 7) is 0. The van der Waals surface area contributed by atoms with Gasteiger partial charge in [0, 0.05) is 10.6 Å². The molecule has 1 N–H and O–H groups in total. The molecule has 0 unspecified atom stereocenters. The summed E-state index contributed by atoms with van der Waals surface area (Å²) in [7, 11) is 0. The molecule has 0 fully saturated rings. The third-order valence-corrected chi connectivity index (χ3v) is 4.62. The number of benzene rings is 1. The minimum Gasteiger partial charge on any atom is -0.310 e. The number of nitrogens with zero attached hydrogens (tertiary/aromatic N) is 2. The molecular formula is C13H9ClF3N3OS. The molecule has 22 heavy (non-hydrogen) atoms. The Kier molecular flexibility index (Phi) is 3.82. The molecule has 1 aliphatic rings. The van der Waals surface area contributed by atoms with Gasteiger partial charge < -0.3 is 5.32 Å². The molecule has 0 bridgehead atoms. The van der Waals surface area contributed by atoms with E-state index >= 15 is 0 Å². The third kappa shape index (κ3) is 2.80. The lowest BCUT2D eigenvalue weighted by Gasteiger charge is -2.17. The lowest BCUT2D eigenvalue weighted by Crippen LogP contribution is -2.17. The maximum atomic E-state index is 13.2. The van der Waals surface area contributed by atoms with Crippen molar-refractivity contribution in [2.45, 2.75) is 11.4 Å². The Labute approximate surface area is 132 Å². The van der Waals surface area contributed by atoms with E-state index in [2.05, 4.69) is 10.4 Å². The van der Waals surface area contributed by atoms with Crippen molar-refractivity contribution in [3.05, 3.63) is 41.0 Å². The van der Waals surface area contributed by atoms with Gasteiger partial charge >= 0.3 is 6.18 Å². The number of carbonyl (C=O) groups excluding carboxylic acids is 1. The predicted molar refractivity (Wildman–Crippen MR) is 78.5 cm³/mol. The molecule has 3 rings (SSSR count). The molecule has 0 saturated carbocycles. The second-order valence-corrected chi connectivity index (χ2v) is 6.15. The maximum absolute atomic E-state index is 13.2. The zero-order chi connectivity index (χ0) is 15.9. The minimum atomic E-state index is -4.46. The second-order valence-electron chi connectivity index (χ2n) is 4.62. The summed E-state index contributed by atoms with van der Waals surface area (Å²) in [5.41, 5.74) is 0.456. The number of aromatic nitrogens is 2. The van der Waals surface area contributed by atoms with Crippen LogP contribution in [0.25, 0.3) is 5.69 Å². The van der Waals surface area contributed by atoms with Gasteiger partial charge in [0.25, 0.3) is 0 Å². The Hall–Kier alpha value is -1.67. The molecule has 1 aliphatic heterocycles. The van der Waals surface area contributed by atoms with Gasteiger partial charge in [-0.1, -0.05) is 11.6 Å². The number of halogens is 4. The van der Waals surface area contributed by atoms with Gasteiger partial charge in [0.15, 0.2) is 0 Å². The van der Waals surface area contributed by atoms with E-state index in [0.29, 0.717) is 22.5 Å². The summed E-state index contributed by atoms with van der Waals surface area (Å²) in [6, 6.07) is 6.42. The predicted octanol–water partition coefficient (Wildman–Crippen LogP) is 3.81. The van der Waals surface area contributed by atoms with Crippen molar-refractivity contribution < 1.29 is 18.0 Å². The third-order valence-electron chi connectivity index (χ3n) is 3.09. The van der Waals surface area contributed by atoms with E-state index in [1.807, 2.05) is 0 Å². The van der Waals surface area contributed by atoms with Crippen molar-refractivity contribution in [2.75, 3.05) is 11.1 Å². The lowest BCUT2D eigenvalue weighted by molar-refractivity contribution is -0.129. The Morgan fingerprint density at radius 1 is 1.32 bits per heavy atom. The molecule has 0 saturated heterocycles. The summed E-state index contributed by atoms with van der Waals surface area (Å²) in [5, 5.41) is 5.18. The molecule has 1 amide bonds. The summed E-state index contributed by atoms with van der Waals surface area (Å²) >= 11 is 6.34. The van der Waals surface area contributed by atoms with Crippen LogP contribution in [0.4, 0.5) is 19.0 Å². The second kappa shape index (κ2) is 5.51. The zero-order valence-corrected chi connectivity index (χ0v) is 12.5. The van der Waals surface area contributed by atoms with E-state index in [4.69, 9.17) is 11.6 Å². The van der Waals surface area contributed by atoms with Crippen molar-refractivity contribution in [1.82, 2.24) is 9.78 Å². The maximum Gasteiger partial charge on any atom is 0.404 e. The molecule has 0 aliphatic carbocycles. The number of anilines is 1. The van der Waals surface area contributed by atoms with Gasteiger partial charge in [-0.25, -0.2) is 4.68 Å². The molecule has 2 aromatic rings. The summed E-state index contributed by atoms with van der Waals surface area (Å²) in [5.74, 6) is -0.715. The average Bonchev–Trinajstić information content (AvgIpc) is 2.74. The smallest absolute Gasteiger partial charge is 0.310 e. The minimum absolute atomic E-state index is 0.0413. The number of alkyl halides is 3. The van der Waals surface area contributed by atoms with Crippen LogP contribution in [-0.4, -0.2) is 27.6 Å². The first-order valence-electron chi connectivity index (χ1n) is 6.18. The highest BCUT2D eigenvalue weighted by atomic mass is 35.5. The highest BCUT2D eigenvalue weighted by Gasteiger charge is 2.45. The van der Waals surface area contributed by atoms with Crippen LogP contribution in [0.5, 0.6) is 0 Å². The number of amides is 1. The molecule has 0 radical (unpaired) electrons. The van der Waals surface area contributed by atoms with Crippen molar-refractivity contribution in [2.24, 2.45) is 0 Å². The van der Waals surface area contributed by atoms with E-state index in [1.54, 1.807) is 24.3 Å². The van der Waals surface area contributed by atoms with Crippen LogP contribution in [0.1, 0.15) is 10.8 Å². The van der Waals surface area contributed by atoms with Crippen LogP contribution in [-0.2, 0) is 4.79 Å². The Bertz CT molecular complexity index is 714. The van der Waals surface area contributed by atoms with Crippen molar-refractivity contribution >= 4 is 35.1 Å². The fraction of sp³-hybridized carbons (Fsp3) is 0.231. The molecule has 2 heterocycles. The normalized spacial score (nSPS) is 18.5. The summed E-state index contributed by atoms with van der Waals surface area (Å²) < 4.78 is 40.8. The fourth-order valence-corrected chi connectivity index (χ4v) is 3.20. The average molecular weight is 348 g/mol.